The molecule has 1 rings (SSSR count). The fourth-order valence-corrected chi connectivity index (χ4v) is 5.04. The summed E-state index contributed by atoms with van der Waals surface area (Å²) in [5, 5.41) is 18.1. The predicted octanol–water partition coefficient (Wildman–Crippen LogP) is 1.71. The maximum Gasteiger partial charge on any atom is 0.317 e. The molecule has 0 atom stereocenters. The van der Waals surface area contributed by atoms with Crippen molar-refractivity contribution in [1.82, 2.24) is 9.80 Å². The average Bonchev–Trinajstić information content (AvgIpc) is 2.30. The van der Waals surface area contributed by atoms with E-state index in [4.69, 9.17) is 10.2 Å². The molecule has 0 unspecified atom stereocenters. The van der Waals surface area contributed by atoms with Gasteiger partial charge in [0.1, 0.15) is 0 Å². The Bertz CT molecular complexity index is 378. The van der Waals surface area contributed by atoms with Gasteiger partial charge < -0.3 is 10.2 Å². The molecule has 1 heterocycles. The molecule has 0 radical (unpaired) electrons. The van der Waals surface area contributed by atoms with E-state index in [-0.39, 0.29) is 22.6 Å². The standard InChI is InChI=1S/C14H26N2O4S2/c1-13(2)9-15(7-11(17)18)5-6-16(8-12(19)20)10-14(3,4)22-21-13/h5-10H2,1-4H3,(H,17,18)(H,19,20). The number of carbonyl (C=O) groups is 2. The van der Waals surface area contributed by atoms with Crippen LogP contribution in [-0.4, -0.2) is 80.7 Å². The molecule has 0 spiro atoms. The van der Waals surface area contributed by atoms with Gasteiger partial charge in [-0.05, 0) is 27.7 Å². The molecule has 0 aromatic heterocycles. The minimum absolute atomic E-state index is 0.0149. The van der Waals surface area contributed by atoms with Crippen LogP contribution in [0.1, 0.15) is 27.7 Å². The van der Waals surface area contributed by atoms with Crippen molar-refractivity contribution in [2.45, 2.75) is 37.2 Å². The monoisotopic (exact) mass is 350 g/mol. The zero-order chi connectivity index (χ0) is 17.0. The Kier molecular flexibility index (Phi) is 7.04. The van der Waals surface area contributed by atoms with Crippen LogP contribution in [0, 0.1) is 0 Å². The summed E-state index contributed by atoms with van der Waals surface area (Å²) in [6.07, 6.45) is 0. The van der Waals surface area contributed by atoms with Gasteiger partial charge in [-0.2, -0.15) is 0 Å². The molecule has 0 amide bonds. The SMILES string of the molecule is CC1(C)CN(CC(=O)O)CCN(CC(=O)O)CC(C)(C)SS1. The number of hydrogen-bond acceptors (Lipinski definition) is 6. The van der Waals surface area contributed by atoms with Crippen molar-refractivity contribution in [1.29, 1.82) is 0 Å². The second-order valence-electron chi connectivity index (χ2n) is 6.89. The number of aliphatic carboxylic acids is 2. The van der Waals surface area contributed by atoms with E-state index in [0.29, 0.717) is 26.2 Å². The van der Waals surface area contributed by atoms with Crippen molar-refractivity contribution in [3.63, 3.8) is 0 Å². The van der Waals surface area contributed by atoms with Crippen molar-refractivity contribution < 1.29 is 19.8 Å². The van der Waals surface area contributed by atoms with Gasteiger partial charge >= 0.3 is 11.9 Å². The summed E-state index contributed by atoms with van der Waals surface area (Å²) in [6, 6.07) is 0. The second-order valence-corrected chi connectivity index (χ2v) is 10.4. The summed E-state index contributed by atoms with van der Waals surface area (Å²) in [6.45, 7) is 10.9. The molecule has 6 nitrogen and oxygen atoms in total. The van der Waals surface area contributed by atoms with Crippen molar-refractivity contribution in [3.05, 3.63) is 0 Å². The van der Waals surface area contributed by atoms with Gasteiger partial charge in [-0.25, -0.2) is 0 Å². The minimum atomic E-state index is -0.851. The molecule has 1 aliphatic rings. The van der Waals surface area contributed by atoms with Gasteiger partial charge in [0.15, 0.2) is 0 Å². The Balaban J connectivity index is 2.86. The van der Waals surface area contributed by atoms with Gasteiger partial charge in [-0.15, -0.1) is 0 Å². The maximum absolute atomic E-state index is 11.0. The summed E-state index contributed by atoms with van der Waals surface area (Å²) < 4.78 is -0.126. The Morgan fingerprint density at radius 1 is 0.864 bits per heavy atom. The van der Waals surface area contributed by atoms with E-state index in [2.05, 4.69) is 27.7 Å². The Labute approximate surface area is 140 Å². The molecule has 1 fully saturated rings. The Hall–Kier alpha value is -0.440. The zero-order valence-electron chi connectivity index (χ0n) is 13.7. The number of nitrogens with zero attached hydrogens (tertiary/aromatic N) is 2. The highest BCUT2D eigenvalue weighted by Crippen LogP contribution is 2.44. The van der Waals surface area contributed by atoms with Gasteiger partial charge in [0, 0.05) is 35.7 Å². The topological polar surface area (TPSA) is 81.1 Å². The molecule has 0 aromatic rings. The molecular formula is C14H26N2O4S2. The maximum atomic E-state index is 11.0. The normalized spacial score (nSPS) is 23.8. The molecule has 128 valence electrons. The van der Waals surface area contributed by atoms with Crippen LogP contribution in [0.15, 0.2) is 0 Å². The highest BCUT2D eigenvalue weighted by Gasteiger charge is 2.32. The predicted molar refractivity (Wildman–Crippen MR) is 91.5 cm³/mol. The third kappa shape index (κ3) is 7.71. The number of carboxylic acids is 2. The van der Waals surface area contributed by atoms with Crippen molar-refractivity contribution in [3.8, 4) is 0 Å². The molecule has 22 heavy (non-hydrogen) atoms. The van der Waals surface area contributed by atoms with E-state index >= 15 is 0 Å². The van der Waals surface area contributed by atoms with Crippen LogP contribution in [0.3, 0.4) is 0 Å². The summed E-state index contributed by atoms with van der Waals surface area (Å²) in [5.41, 5.74) is 0. The first kappa shape index (κ1) is 19.6. The summed E-state index contributed by atoms with van der Waals surface area (Å²) in [7, 11) is 3.49. The van der Waals surface area contributed by atoms with Gasteiger partial charge in [-0.1, -0.05) is 21.6 Å². The van der Waals surface area contributed by atoms with Crippen LogP contribution >= 0.6 is 21.6 Å². The highest BCUT2D eigenvalue weighted by molar-refractivity contribution is 8.77. The lowest BCUT2D eigenvalue weighted by Gasteiger charge is -2.39. The molecule has 0 saturated carbocycles. The van der Waals surface area contributed by atoms with Crippen molar-refractivity contribution >= 4 is 33.5 Å². The average molecular weight is 351 g/mol. The van der Waals surface area contributed by atoms with Gasteiger partial charge in [0.2, 0.25) is 0 Å². The first-order valence-electron chi connectivity index (χ1n) is 7.24. The lowest BCUT2D eigenvalue weighted by Crippen LogP contribution is -2.48. The van der Waals surface area contributed by atoms with E-state index in [1.807, 2.05) is 9.80 Å². The van der Waals surface area contributed by atoms with E-state index in [0.717, 1.165) is 0 Å². The van der Waals surface area contributed by atoms with E-state index in [1.54, 1.807) is 21.6 Å². The summed E-state index contributed by atoms with van der Waals surface area (Å²) in [4.78, 5) is 25.8. The van der Waals surface area contributed by atoms with E-state index in [9.17, 15) is 9.59 Å². The zero-order valence-corrected chi connectivity index (χ0v) is 15.3. The molecule has 1 aliphatic heterocycles. The van der Waals surface area contributed by atoms with E-state index in [1.165, 1.54) is 0 Å². The Morgan fingerprint density at radius 3 is 1.45 bits per heavy atom. The largest absolute Gasteiger partial charge is 0.480 e. The first-order chi connectivity index (χ1) is 9.99. The van der Waals surface area contributed by atoms with E-state index < -0.39 is 11.9 Å². The smallest absolute Gasteiger partial charge is 0.317 e. The third-order valence-electron chi connectivity index (χ3n) is 3.15. The Morgan fingerprint density at radius 2 is 1.18 bits per heavy atom. The van der Waals surface area contributed by atoms with Gasteiger partial charge in [-0.3, -0.25) is 19.4 Å². The number of hydrogen-bond donors (Lipinski definition) is 2. The number of rotatable bonds is 4. The van der Waals surface area contributed by atoms with Crippen molar-refractivity contribution in [2.75, 3.05) is 39.3 Å². The first-order valence-corrected chi connectivity index (χ1v) is 9.39. The van der Waals surface area contributed by atoms with Crippen LogP contribution < -0.4 is 0 Å². The molecular weight excluding hydrogens is 324 g/mol. The molecule has 2 N–H and O–H groups in total. The summed E-state index contributed by atoms with van der Waals surface area (Å²) in [5.74, 6) is -1.70. The summed E-state index contributed by atoms with van der Waals surface area (Å²) >= 11 is 0. The van der Waals surface area contributed by atoms with Gasteiger partial charge in [0.25, 0.3) is 0 Å². The lowest BCUT2D eigenvalue weighted by molar-refractivity contribution is -0.140. The van der Waals surface area contributed by atoms with Crippen LogP contribution in [0.2, 0.25) is 0 Å². The number of carboxylic acid groups (broad SMARTS) is 2. The van der Waals surface area contributed by atoms with Crippen molar-refractivity contribution in [2.24, 2.45) is 0 Å². The minimum Gasteiger partial charge on any atom is -0.480 e. The van der Waals surface area contributed by atoms with Crippen LogP contribution in [0.5, 0.6) is 0 Å². The fourth-order valence-electron chi connectivity index (χ4n) is 2.45. The molecule has 0 bridgehead atoms. The van der Waals surface area contributed by atoms with Crippen LogP contribution in [-0.2, 0) is 9.59 Å². The van der Waals surface area contributed by atoms with Gasteiger partial charge in [0.05, 0.1) is 13.1 Å². The third-order valence-corrected chi connectivity index (χ3v) is 7.35. The highest BCUT2D eigenvalue weighted by atomic mass is 33.1. The fraction of sp³-hybridized carbons (Fsp3) is 0.857. The second kappa shape index (κ2) is 7.90. The molecule has 0 aliphatic carbocycles. The quantitative estimate of drug-likeness (QED) is 0.742. The molecule has 8 heteroatoms. The molecule has 0 aromatic carbocycles. The van der Waals surface area contributed by atoms with Crippen LogP contribution in [0.25, 0.3) is 0 Å². The molecule has 1 saturated heterocycles. The lowest BCUT2D eigenvalue weighted by atomic mass is 10.1. The van der Waals surface area contributed by atoms with Crippen LogP contribution in [0.4, 0.5) is 0 Å².